The summed E-state index contributed by atoms with van der Waals surface area (Å²) in [5.41, 5.74) is 2.71. The first-order valence-electron chi connectivity index (χ1n) is 20.6. The normalized spacial score (nSPS) is 17.9. The number of phenolic OH excluding ortho intramolecular Hbond substituents is 1. The summed E-state index contributed by atoms with van der Waals surface area (Å²) in [5, 5.41) is 10.9. The largest absolute Gasteiger partial charge is 0.507 e. The summed E-state index contributed by atoms with van der Waals surface area (Å²) in [6.45, 7) is 9.18. The molecular formula is C49H45F2N7O3. The van der Waals surface area contributed by atoms with E-state index in [0.29, 0.717) is 43.1 Å². The third-order valence-electron chi connectivity index (χ3n) is 12.1. The SMILES string of the molecule is Cc1ccnc(C(C)C)c1-n1c(=O)nc(N2CCN(C(=O)C3C[N@@]3C(c3ccccc3)(c3ccccc3)c3ccccc3)C[C@@H]2C)c2cc(F)c(-c3c(O)cccc3F)nc21. The second-order valence-electron chi connectivity index (χ2n) is 16.2. The molecule has 0 bridgehead atoms. The lowest BCUT2D eigenvalue weighted by atomic mass is 9.76. The molecule has 2 fully saturated rings. The minimum absolute atomic E-state index is 0.00205. The number of piperazine rings is 1. The second kappa shape index (κ2) is 15.7. The summed E-state index contributed by atoms with van der Waals surface area (Å²) in [6.07, 6.45) is 1.66. The van der Waals surface area contributed by atoms with Gasteiger partial charge < -0.3 is 14.9 Å². The summed E-state index contributed by atoms with van der Waals surface area (Å²) in [6, 6.07) is 36.8. The van der Waals surface area contributed by atoms with E-state index in [9.17, 15) is 14.7 Å². The van der Waals surface area contributed by atoms with Crippen LogP contribution in [-0.2, 0) is 10.3 Å². The first kappa shape index (κ1) is 39.7. The van der Waals surface area contributed by atoms with Gasteiger partial charge in [-0.3, -0.25) is 14.7 Å². The summed E-state index contributed by atoms with van der Waals surface area (Å²) >= 11 is 0. The molecule has 0 aliphatic carbocycles. The molecule has 5 heterocycles. The molecule has 7 aromatic rings. The molecule has 2 aliphatic heterocycles. The van der Waals surface area contributed by atoms with E-state index in [1.807, 2.05) is 92.1 Å². The Balaban J connectivity index is 1.09. The number of pyridine rings is 2. The molecule has 3 atom stereocenters. The standard InChI is InChI=1S/C49H45F2N7O3/c1-30(2)42-44(31(3)23-24-52-42)58-46-36(27-38(51)43(53-46)41-37(50)21-14-22-40(41)59)45(54-48(58)61)56-26-25-55(28-32(56)4)47(60)39-29-57(39)49(33-15-8-5-9-16-33,34-17-10-6-11-18-34)35-19-12-7-13-20-35/h5-24,27,30,32,39,59H,25-26,28-29H2,1-4H3/t32-,39?,57+/m0/s1. The van der Waals surface area contributed by atoms with Gasteiger partial charge in [-0.2, -0.15) is 4.98 Å². The molecule has 0 saturated carbocycles. The van der Waals surface area contributed by atoms with Crippen LogP contribution in [0.2, 0.25) is 0 Å². The fraction of sp³-hybridized carbons (Fsp3) is 0.245. The van der Waals surface area contributed by atoms with Crippen molar-refractivity contribution in [2.45, 2.75) is 51.2 Å². The van der Waals surface area contributed by atoms with Crippen LogP contribution in [0, 0.1) is 18.6 Å². The highest BCUT2D eigenvalue weighted by molar-refractivity contribution is 5.91. The van der Waals surface area contributed by atoms with E-state index in [1.54, 1.807) is 12.3 Å². The number of anilines is 1. The molecular weight excluding hydrogens is 773 g/mol. The van der Waals surface area contributed by atoms with E-state index in [2.05, 4.69) is 56.3 Å². The molecule has 1 unspecified atom stereocenters. The fourth-order valence-corrected chi connectivity index (χ4v) is 9.17. The zero-order valence-electron chi connectivity index (χ0n) is 34.3. The van der Waals surface area contributed by atoms with E-state index >= 15 is 8.78 Å². The molecule has 12 heteroatoms. The van der Waals surface area contributed by atoms with Crippen molar-refractivity contribution < 1.29 is 18.7 Å². The Labute approximate surface area is 352 Å². The third-order valence-corrected chi connectivity index (χ3v) is 12.1. The number of halogens is 2. The second-order valence-corrected chi connectivity index (χ2v) is 16.2. The van der Waals surface area contributed by atoms with Crippen LogP contribution in [0.3, 0.4) is 0 Å². The number of carbonyl (C=O) groups is 1. The lowest BCUT2D eigenvalue weighted by molar-refractivity contribution is -0.132. The van der Waals surface area contributed by atoms with Crippen molar-refractivity contribution in [2.24, 2.45) is 0 Å². The summed E-state index contributed by atoms with van der Waals surface area (Å²) < 4.78 is 32.9. The highest BCUT2D eigenvalue weighted by Gasteiger charge is 2.57. The first-order valence-corrected chi connectivity index (χ1v) is 20.6. The average molecular weight is 818 g/mol. The Morgan fingerprint density at radius 3 is 2.00 bits per heavy atom. The van der Waals surface area contributed by atoms with Crippen molar-refractivity contribution >= 4 is 22.8 Å². The van der Waals surface area contributed by atoms with Crippen LogP contribution in [0.1, 0.15) is 54.6 Å². The highest BCUT2D eigenvalue weighted by Crippen LogP contribution is 2.49. The van der Waals surface area contributed by atoms with E-state index in [1.165, 1.54) is 22.8 Å². The van der Waals surface area contributed by atoms with Gasteiger partial charge in [0.15, 0.2) is 11.5 Å². The molecule has 4 aromatic carbocycles. The van der Waals surface area contributed by atoms with Gasteiger partial charge in [0.25, 0.3) is 0 Å². The Hall–Kier alpha value is -6.79. The number of nitrogens with zero attached hydrogens (tertiary/aromatic N) is 7. The third kappa shape index (κ3) is 6.71. The quantitative estimate of drug-likeness (QED) is 0.116. The Kier molecular flexibility index (Phi) is 10.2. The van der Waals surface area contributed by atoms with Crippen molar-refractivity contribution in [3.8, 4) is 22.7 Å². The highest BCUT2D eigenvalue weighted by atomic mass is 19.1. The van der Waals surface area contributed by atoms with Gasteiger partial charge >= 0.3 is 5.69 Å². The van der Waals surface area contributed by atoms with Crippen LogP contribution >= 0.6 is 0 Å². The predicted molar refractivity (Wildman–Crippen MR) is 232 cm³/mol. The maximum atomic E-state index is 16.4. The van der Waals surface area contributed by atoms with E-state index in [-0.39, 0.29) is 34.7 Å². The maximum Gasteiger partial charge on any atom is 0.355 e. The number of aromatic nitrogens is 4. The first-order chi connectivity index (χ1) is 29.5. The molecule has 1 N–H and O–H groups in total. The smallest absolute Gasteiger partial charge is 0.355 e. The number of carbonyl (C=O) groups excluding carboxylic acids is 1. The minimum atomic E-state index is -0.901. The topological polar surface area (TPSA) is 107 Å². The number of benzene rings is 4. The van der Waals surface area contributed by atoms with Crippen LogP contribution < -0.4 is 10.6 Å². The molecule has 61 heavy (non-hydrogen) atoms. The maximum absolute atomic E-state index is 16.4. The minimum Gasteiger partial charge on any atom is -0.507 e. The van der Waals surface area contributed by atoms with Crippen LogP contribution in [0.25, 0.3) is 28.0 Å². The van der Waals surface area contributed by atoms with Gasteiger partial charge in [-0.25, -0.2) is 23.1 Å². The average Bonchev–Trinajstić information content (AvgIpc) is 4.06. The number of aromatic hydroxyl groups is 1. The number of aryl methyl sites for hydroxylation is 1. The van der Waals surface area contributed by atoms with Crippen LogP contribution in [0.5, 0.6) is 5.75 Å². The molecule has 0 radical (unpaired) electrons. The Morgan fingerprint density at radius 2 is 1.43 bits per heavy atom. The van der Waals surface area contributed by atoms with Crippen molar-refractivity contribution in [3.63, 3.8) is 0 Å². The number of rotatable bonds is 9. The van der Waals surface area contributed by atoms with Gasteiger partial charge in [0.05, 0.1) is 27.9 Å². The van der Waals surface area contributed by atoms with Gasteiger partial charge in [0, 0.05) is 38.4 Å². The number of amides is 1. The van der Waals surface area contributed by atoms with E-state index in [0.717, 1.165) is 22.8 Å². The fourth-order valence-electron chi connectivity index (χ4n) is 9.17. The van der Waals surface area contributed by atoms with E-state index in [4.69, 9.17) is 0 Å². The van der Waals surface area contributed by atoms with Crippen LogP contribution in [0.4, 0.5) is 14.6 Å². The molecule has 9 rings (SSSR count). The molecule has 308 valence electrons. The van der Waals surface area contributed by atoms with Gasteiger partial charge in [-0.15, -0.1) is 0 Å². The molecule has 0 spiro atoms. The molecule has 2 saturated heterocycles. The number of hydrogen-bond acceptors (Lipinski definition) is 8. The Bertz CT molecular complexity index is 2720. The van der Waals surface area contributed by atoms with Gasteiger partial charge in [-0.1, -0.05) is 111 Å². The summed E-state index contributed by atoms with van der Waals surface area (Å²) in [5.74, 6) is -2.18. The van der Waals surface area contributed by atoms with Gasteiger partial charge in [-0.05, 0) is 66.3 Å². The molecule has 3 aromatic heterocycles. The zero-order valence-corrected chi connectivity index (χ0v) is 34.3. The van der Waals surface area contributed by atoms with Crippen LogP contribution in [-0.4, -0.2) is 78.6 Å². The van der Waals surface area contributed by atoms with Crippen LogP contribution in [0.15, 0.2) is 132 Å². The van der Waals surface area contributed by atoms with E-state index < -0.39 is 45.9 Å². The molecule has 1 amide bonds. The zero-order chi connectivity index (χ0) is 42.6. The van der Waals surface area contributed by atoms with Crippen molar-refractivity contribution in [1.29, 1.82) is 0 Å². The van der Waals surface area contributed by atoms with Crippen molar-refractivity contribution in [2.75, 3.05) is 31.1 Å². The lowest BCUT2D eigenvalue weighted by Gasteiger charge is -2.42. The van der Waals surface area contributed by atoms with Crippen molar-refractivity contribution in [1.82, 2.24) is 29.3 Å². The monoisotopic (exact) mass is 817 g/mol. The molecule has 2 aliphatic rings. The number of phenols is 1. The van der Waals surface area contributed by atoms with Gasteiger partial charge in [0.2, 0.25) is 5.91 Å². The Morgan fingerprint density at radius 1 is 0.803 bits per heavy atom. The lowest BCUT2D eigenvalue weighted by Crippen LogP contribution is -2.56. The number of hydrogen-bond donors (Lipinski definition) is 1. The summed E-state index contributed by atoms with van der Waals surface area (Å²) in [7, 11) is 0. The number of fused-ring (bicyclic) bond motifs is 1. The van der Waals surface area contributed by atoms with Gasteiger partial charge in [0.1, 0.15) is 29.1 Å². The summed E-state index contributed by atoms with van der Waals surface area (Å²) in [4.78, 5) is 48.9. The predicted octanol–water partition coefficient (Wildman–Crippen LogP) is 7.97. The van der Waals surface area contributed by atoms with Crippen molar-refractivity contribution in [3.05, 3.63) is 178 Å². The molecule has 10 nitrogen and oxygen atoms in total.